The fraction of sp³-hybridized carbons (Fsp3) is 0.400. The van der Waals surface area contributed by atoms with Gasteiger partial charge in [0.1, 0.15) is 5.60 Å². The van der Waals surface area contributed by atoms with E-state index in [1.165, 1.54) is 0 Å². The maximum atomic E-state index is 10.7. The minimum absolute atomic E-state index is 0.388. The molecule has 0 aromatic rings. The van der Waals surface area contributed by atoms with Crippen molar-refractivity contribution < 1.29 is 9.90 Å². The molecule has 1 aliphatic carbocycles. The number of allylic oxidation sites excluding steroid dienone is 2. The van der Waals surface area contributed by atoms with Gasteiger partial charge in [-0.05, 0) is 18.1 Å². The topological polar surface area (TPSA) is 37.3 Å². The maximum absolute atomic E-state index is 10.7. The molecule has 0 aromatic heterocycles. The Morgan fingerprint density at radius 1 is 1.69 bits per heavy atom. The van der Waals surface area contributed by atoms with Gasteiger partial charge in [-0.25, -0.2) is 0 Å². The number of rotatable bonds is 3. The summed E-state index contributed by atoms with van der Waals surface area (Å²) < 4.78 is 0. The normalized spacial score (nSPS) is 20.8. The zero-order valence-electron chi connectivity index (χ0n) is 7.49. The van der Waals surface area contributed by atoms with Crippen LogP contribution in [0.4, 0.5) is 0 Å². The summed E-state index contributed by atoms with van der Waals surface area (Å²) in [6.07, 6.45) is 6.88. The second kappa shape index (κ2) is 3.94. The van der Waals surface area contributed by atoms with Gasteiger partial charge < -0.3 is 5.11 Å². The van der Waals surface area contributed by atoms with Gasteiger partial charge in [-0.1, -0.05) is 31.3 Å². The molecule has 0 saturated heterocycles. The lowest BCUT2D eigenvalue weighted by molar-refractivity contribution is -0.120. The summed E-state index contributed by atoms with van der Waals surface area (Å²) in [5.41, 5.74) is -0.675. The molecule has 1 unspecified atom stereocenters. The van der Waals surface area contributed by atoms with Crippen molar-refractivity contribution in [3.63, 3.8) is 0 Å². The fourth-order valence-corrected chi connectivity index (χ4v) is 1.36. The van der Waals surface area contributed by atoms with Crippen LogP contribution in [0.2, 0.25) is 0 Å². The van der Waals surface area contributed by atoms with Crippen molar-refractivity contribution in [2.24, 2.45) is 0 Å². The van der Waals surface area contributed by atoms with Crippen molar-refractivity contribution >= 4 is 23.4 Å². The minimum Gasteiger partial charge on any atom is -0.378 e. The molecule has 2 nitrogen and oxygen atoms in total. The molecule has 1 rings (SSSR count). The van der Waals surface area contributed by atoms with E-state index in [1.54, 1.807) is 25.2 Å². The molecule has 1 N–H and O–H groups in total. The van der Waals surface area contributed by atoms with Crippen LogP contribution in [0.25, 0.3) is 0 Å². The van der Waals surface area contributed by atoms with Crippen LogP contribution in [0.3, 0.4) is 0 Å². The number of carbonyl (C=O) groups is 1. The molecule has 0 heterocycles. The highest BCUT2D eigenvalue weighted by molar-refractivity contribution is 7.80. The molecule has 0 bridgehead atoms. The Morgan fingerprint density at radius 3 is 2.77 bits per heavy atom. The Hall–Kier alpha value is -0.800. The van der Waals surface area contributed by atoms with Crippen LogP contribution in [0.5, 0.6) is 0 Å². The summed E-state index contributed by atoms with van der Waals surface area (Å²) in [7, 11) is 0. The molecule has 1 aliphatic rings. The van der Waals surface area contributed by atoms with Gasteiger partial charge in [-0.3, -0.25) is 4.79 Å². The second-order valence-corrected chi connectivity index (χ2v) is 3.58. The van der Waals surface area contributed by atoms with E-state index in [4.69, 9.17) is 12.2 Å². The van der Waals surface area contributed by atoms with Crippen LogP contribution in [-0.4, -0.2) is 21.9 Å². The Bertz CT molecular complexity index is 291. The standard InChI is InChI=1S/C10H12O2S/c1-2-10(12,7-11)8-3-5-9(13)6-4-8/h3-5,7,12H,2,6H2,1H3. The second-order valence-electron chi connectivity index (χ2n) is 3.06. The molecule has 70 valence electrons. The lowest BCUT2D eigenvalue weighted by atomic mass is 9.89. The monoisotopic (exact) mass is 196 g/mol. The molecule has 0 aromatic carbocycles. The number of hydrogen-bond acceptors (Lipinski definition) is 3. The molecule has 0 spiro atoms. The first kappa shape index (κ1) is 10.3. The average Bonchev–Trinajstić information content (AvgIpc) is 2.18. The zero-order chi connectivity index (χ0) is 9.90. The summed E-state index contributed by atoms with van der Waals surface area (Å²) in [5.74, 6) is 0. The van der Waals surface area contributed by atoms with E-state index in [9.17, 15) is 9.90 Å². The lowest BCUT2D eigenvalue weighted by Crippen LogP contribution is -2.32. The molecule has 0 saturated carbocycles. The van der Waals surface area contributed by atoms with Crippen LogP contribution in [-0.2, 0) is 4.79 Å². The number of aldehydes is 1. The van der Waals surface area contributed by atoms with Gasteiger partial charge in [0.15, 0.2) is 6.29 Å². The fourth-order valence-electron chi connectivity index (χ4n) is 1.21. The molecule has 0 amide bonds. The maximum Gasteiger partial charge on any atom is 0.156 e. The number of aliphatic hydroxyl groups is 1. The number of carbonyl (C=O) groups excluding carboxylic acids is 1. The van der Waals surface area contributed by atoms with Crippen molar-refractivity contribution in [3.05, 3.63) is 23.8 Å². The highest BCUT2D eigenvalue weighted by Gasteiger charge is 2.28. The van der Waals surface area contributed by atoms with Crippen LogP contribution in [0.15, 0.2) is 23.8 Å². The minimum atomic E-state index is -1.33. The predicted octanol–water partition coefficient (Wildman–Crippen LogP) is 1.58. The predicted molar refractivity (Wildman–Crippen MR) is 55.7 cm³/mol. The Morgan fingerprint density at radius 2 is 2.38 bits per heavy atom. The summed E-state index contributed by atoms with van der Waals surface area (Å²) in [4.78, 5) is 11.5. The highest BCUT2D eigenvalue weighted by Crippen LogP contribution is 2.23. The molecular formula is C10H12O2S. The first-order valence-corrected chi connectivity index (χ1v) is 4.63. The Labute approximate surface area is 83.0 Å². The SMILES string of the molecule is CCC(O)(C=O)C1=CCC(=S)C=C1. The van der Waals surface area contributed by atoms with Gasteiger partial charge in [-0.15, -0.1) is 0 Å². The summed E-state index contributed by atoms with van der Waals surface area (Å²) in [6.45, 7) is 1.77. The third-order valence-electron chi connectivity index (χ3n) is 2.21. The Balaban J connectivity index is 2.89. The van der Waals surface area contributed by atoms with Gasteiger partial charge in [0.25, 0.3) is 0 Å². The zero-order valence-corrected chi connectivity index (χ0v) is 8.30. The van der Waals surface area contributed by atoms with Gasteiger partial charge in [0.2, 0.25) is 0 Å². The summed E-state index contributed by atoms with van der Waals surface area (Å²) in [6, 6.07) is 0. The molecule has 3 heteroatoms. The average molecular weight is 196 g/mol. The third-order valence-corrected chi connectivity index (χ3v) is 2.51. The first-order valence-electron chi connectivity index (χ1n) is 4.22. The van der Waals surface area contributed by atoms with Crippen molar-refractivity contribution in [3.8, 4) is 0 Å². The smallest absolute Gasteiger partial charge is 0.156 e. The number of thiocarbonyl (C=S) groups is 1. The summed E-state index contributed by atoms with van der Waals surface area (Å²) >= 11 is 4.95. The molecule has 0 radical (unpaired) electrons. The summed E-state index contributed by atoms with van der Waals surface area (Å²) in [5, 5.41) is 9.81. The largest absolute Gasteiger partial charge is 0.378 e. The first-order chi connectivity index (χ1) is 6.12. The van der Waals surface area contributed by atoms with Crippen molar-refractivity contribution in [1.82, 2.24) is 0 Å². The van der Waals surface area contributed by atoms with E-state index in [-0.39, 0.29) is 0 Å². The van der Waals surface area contributed by atoms with Gasteiger partial charge in [0, 0.05) is 11.3 Å². The molecule has 0 fully saturated rings. The van der Waals surface area contributed by atoms with E-state index < -0.39 is 5.60 Å². The highest BCUT2D eigenvalue weighted by atomic mass is 32.1. The van der Waals surface area contributed by atoms with Gasteiger partial charge >= 0.3 is 0 Å². The van der Waals surface area contributed by atoms with E-state index in [0.717, 1.165) is 4.86 Å². The van der Waals surface area contributed by atoms with E-state index in [1.807, 2.05) is 0 Å². The molecule has 0 aliphatic heterocycles. The van der Waals surface area contributed by atoms with Gasteiger partial charge in [-0.2, -0.15) is 0 Å². The third kappa shape index (κ3) is 2.11. The van der Waals surface area contributed by atoms with Crippen molar-refractivity contribution in [1.29, 1.82) is 0 Å². The molecule has 13 heavy (non-hydrogen) atoms. The van der Waals surface area contributed by atoms with Gasteiger partial charge in [0.05, 0.1) is 0 Å². The van der Waals surface area contributed by atoms with Crippen LogP contribution >= 0.6 is 12.2 Å². The van der Waals surface area contributed by atoms with E-state index in [2.05, 4.69) is 0 Å². The molecular weight excluding hydrogens is 184 g/mol. The van der Waals surface area contributed by atoms with E-state index >= 15 is 0 Å². The van der Waals surface area contributed by atoms with Crippen molar-refractivity contribution in [2.45, 2.75) is 25.4 Å². The van der Waals surface area contributed by atoms with Crippen LogP contribution in [0.1, 0.15) is 19.8 Å². The van der Waals surface area contributed by atoms with Crippen LogP contribution in [0, 0.1) is 0 Å². The number of hydrogen-bond donors (Lipinski definition) is 1. The Kier molecular flexibility index (Phi) is 3.12. The van der Waals surface area contributed by atoms with E-state index in [0.29, 0.717) is 24.7 Å². The van der Waals surface area contributed by atoms with Crippen LogP contribution < -0.4 is 0 Å². The molecule has 1 atom stereocenters. The quantitative estimate of drug-likeness (QED) is 0.550. The van der Waals surface area contributed by atoms with Crippen molar-refractivity contribution in [2.75, 3.05) is 0 Å². The lowest BCUT2D eigenvalue weighted by Gasteiger charge is -2.23.